The maximum atomic E-state index is 12.7. The van der Waals surface area contributed by atoms with Crippen molar-refractivity contribution in [2.75, 3.05) is 14.2 Å². The molecule has 0 aromatic heterocycles. The zero-order valence-corrected chi connectivity index (χ0v) is 18.3. The van der Waals surface area contributed by atoms with E-state index in [1.54, 1.807) is 0 Å². The molecule has 2 aliphatic heterocycles. The van der Waals surface area contributed by atoms with E-state index < -0.39 is 36.0 Å². The fourth-order valence-corrected chi connectivity index (χ4v) is 4.96. The summed E-state index contributed by atoms with van der Waals surface area (Å²) in [7, 11) is 2.68. The number of carbonyl (C=O) groups excluding carboxylic acids is 2. The highest BCUT2D eigenvalue weighted by atomic mass is 16.6. The first-order valence-corrected chi connectivity index (χ1v) is 10.4. The van der Waals surface area contributed by atoms with Gasteiger partial charge in [0, 0.05) is 0 Å². The Kier molecular flexibility index (Phi) is 5.18. The Labute approximate surface area is 177 Å². The summed E-state index contributed by atoms with van der Waals surface area (Å²) in [5.74, 6) is -1.93. The van der Waals surface area contributed by atoms with Gasteiger partial charge in [-0.3, -0.25) is 9.59 Å². The van der Waals surface area contributed by atoms with Crippen LogP contribution < -0.4 is 0 Å². The van der Waals surface area contributed by atoms with Crippen molar-refractivity contribution >= 4 is 11.9 Å². The van der Waals surface area contributed by atoms with Crippen LogP contribution in [0, 0.1) is 17.8 Å². The molecule has 1 fully saturated rings. The SMILES string of the molecule is COC(=O)[C@@H]1[C@H](C(=O)OC)[C@@H]2O[C@H]1C1=C2C2=C(C)C=CC(C(C)C)=CC2=C(C)C=C1. The van der Waals surface area contributed by atoms with Gasteiger partial charge < -0.3 is 14.2 Å². The lowest BCUT2D eigenvalue weighted by Crippen LogP contribution is -2.41. The maximum absolute atomic E-state index is 12.7. The summed E-state index contributed by atoms with van der Waals surface area (Å²) < 4.78 is 16.3. The molecule has 4 atom stereocenters. The Bertz CT molecular complexity index is 999. The van der Waals surface area contributed by atoms with Gasteiger partial charge >= 0.3 is 11.9 Å². The fourth-order valence-electron chi connectivity index (χ4n) is 4.96. The number of hydrogen-bond donors (Lipinski definition) is 0. The molecule has 0 saturated carbocycles. The molecular formula is C25H28O5. The van der Waals surface area contributed by atoms with Gasteiger partial charge in [0.05, 0.1) is 26.4 Å². The van der Waals surface area contributed by atoms with Crippen LogP contribution in [-0.4, -0.2) is 38.4 Å². The van der Waals surface area contributed by atoms with E-state index in [0.717, 1.165) is 33.4 Å². The third-order valence-electron chi connectivity index (χ3n) is 6.56. The number of carbonyl (C=O) groups is 2. The largest absolute Gasteiger partial charge is 0.469 e. The Morgan fingerprint density at radius 3 is 2.10 bits per heavy atom. The predicted octanol–water partition coefficient (Wildman–Crippen LogP) is 4.00. The van der Waals surface area contributed by atoms with E-state index >= 15 is 0 Å². The molecule has 0 unspecified atom stereocenters. The van der Waals surface area contributed by atoms with Crippen molar-refractivity contribution in [2.45, 2.75) is 39.9 Å². The van der Waals surface area contributed by atoms with Crippen LogP contribution in [0.4, 0.5) is 0 Å². The minimum atomic E-state index is -0.722. The molecule has 1 saturated heterocycles. The second-order valence-corrected chi connectivity index (χ2v) is 8.56. The Balaban J connectivity index is 1.92. The highest BCUT2D eigenvalue weighted by molar-refractivity contribution is 5.87. The Morgan fingerprint density at radius 2 is 1.50 bits per heavy atom. The average Bonchev–Trinajstić information content (AvgIpc) is 3.17. The van der Waals surface area contributed by atoms with Crippen LogP contribution in [0.3, 0.4) is 0 Å². The zero-order valence-electron chi connectivity index (χ0n) is 18.3. The van der Waals surface area contributed by atoms with Crippen molar-refractivity contribution in [1.82, 2.24) is 0 Å². The molecule has 0 N–H and O–H groups in total. The van der Waals surface area contributed by atoms with Crippen molar-refractivity contribution in [3.63, 3.8) is 0 Å². The van der Waals surface area contributed by atoms with Gasteiger partial charge in [0.25, 0.3) is 0 Å². The van der Waals surface area contributed by atoms with Gasteiger partial charge in [-0.15, -0.1) is 0 Å². The van der Waals surface area contributed by atoms with E-state index in [2.05, 4.69) is 52.0 Å². The van der Waals surface area contributed by atoms with Crippen LogP contribution in [0.5, 0.6) is 0 Å². The molecule has 4 aliphatic rings. The standard InChI is InChI=1S/C25H28O5/c1-12(2)15-9-7-14(4)18-17(11-15)13(3)8-10-16-19(18)23-21(25(27)29-6)20(22(16)30-23)24(26)28-5/h7-12,20-23H,1-6H3/t20-,21+,22+,23-/m1/s1. The first kappa shape index (κ1) is 20.6. The number of methoxy groups -OCH3 is 2. The van der Waals surface area contributed by atoms with Crippen molar-refractivity contribution < 1.29 is 23.8 Å². The summed E-state index contributed by atoms with van der Waals surface area (Å²) >= 11 is 0. The summed E-state index contributed by atoms with van der Waals surface area (Å²) in [6.07, 6.45) is 9.58. The van der Waals surface area contributed by atoms with E-state index in [4.69, 9.17) is 14.2 Å². The van der Waals surface area contributed by atoms with Gasteiger partial charge in [-0.1, -0.05) is 44.2 Å². The molecular weight excluding hydrogens is 380 g/mol. The molecule has 2 bridgehead atoms. The zero-order chi connectivity index (χ0) is 21.7. The molecule has 0 spiro atoms. The van der Waals surface area contributed by atoms with Gasteiger partial charge in [0.1, 0.15) is 11.8 Å². The molecule has 2 aliphatic carbocycles. The van der Waals surface area contributed by atoms with Gasteiger partial charge in [-0.25, -0.2) is 0 Å². The van der Waals surface area contributed by atoms with Gasteiger partial charge in [0.15, 0.2) is 0 Å². The normalized spacial score (nSPS) is 29.6. The number of esters is 2. The molecule has 30 heavy (non-hydrogen) atoms. The lowest BCUT2D eigenvalue weighted by Gasteiger charge is -2.28. The molecule has 158 valence electrons. The highest BCUT2D eigenvalue weighted by Gasteiger charge is 2.60. The second kappa shape index (κ2) is 7.55. The number of ether oxygens (including phenoxy) is 3. The Hall–Kier alpha value is -2.66. The number of allylic oxidation sites excluding steroid dienone is 8. The van der Waals surface area contributed by atoms with E-state index in [0.29, 0.717) is 5.92 Å². The first-order chi connectivity index (χ1) is 14.3. The van der Waals surface area contributed by atoms with E-state index in [9.17, 15) is 9.59 Å². The third kappa shape index (κ3) is 2.95. The van der Waals surface area contributed by atoms with Gasteiger partial charge in [0.2, 0.25) is 0 Å². The van der Waals surface area contributed by atoms with Crippen molar-refractivity contribution in [3.05, 3.63) is 69.4 Å². The van der Waals surface area contributed by atoms with Gasteiger partial charge in [-0.2, -0.15) is 0 Å². The monoisotopic (exact) mass is 408 g/mol. The Morgan fingerprint density at radius 1 is 0.900 bits per heavy atom. The van der Waals surface area contributed by atoms with E-state index in [1.165, 1.54) is 19.8 Å². The van der Waals surface area contributed by atoms with Crippen LogP contribution in [0.25, 0.3) is 0 Å². The topological polar surface area (TPSA) is 61.8 Å². The molecule has 4 rings (SSSR count). The minimum Gasteiger partial charge on any atom is -0.469 e. The van der Waals surface area contributed by atoms with Crippen LogP contribution in [0.1, 0.15) is 27.7 Å². The highest BCUT2D eigenvalue weighted by Crippen LogP contribution is 2.53. The third-order valence-corrected chi connectivity index (χ3v) is 6.56. The minimum absolute atomic E-state index is 0.386. The fraction of sp³-hybridized carbons (Fsp3) is 0.440. The summed E-state index contributed by atoms with van der Waals surface area (Å²) in [5.41, 5.74) is 7.67. The lowest BCUT2D eigenvalue weighted by molar-refractivity contribution is -0.156. The van der Waals surface area contributed by atoms with Crippen molar-refractivity contribution in [1.29, 1.82) is 0 Å². The molecule has 0 amide bonds. The van der Waals surface area contributed by atoms with Gasteiger partial charge in [-0.05, 0) is 58.8 Å². The number of hydrogen-bond acceptors (Lipinski definition) is 5. The molecule has 2 heterocycles. The van der Waals surface area contributed by atoms with Crippen molar-refractivity contribution in [2.24, 2.45) is 17.8 Å². The van der Waals surface area contributed by atoms with Crippen LogP contribution in [-0.2, 0) is 23.8 Å². The van der Waals surface area contributed by atoms with E-state index in [1.807, 2.05) is 6.08 Å². The van der Waals surface area contributed by atoms with Crippen LogP contribution >= 0.6 is 0 Å². The molecule has 0 radical (unpaired) electrons. The summed E-state index contributed by atoms with van der Waals surface area (Å²) in [4.78, 5) is 25.3. The predicted molar refractivity (Wildman–Crippen MR) is 113 cm³/mol. The second-order valence-electron chi connectivity index (χ2n) is 8.56. The summed E-state index contributed by atoms with van der Waals surface area (Å²) in [6, 6.07) is 0. The smallest absolute Gasteiger partial charge is 0.312 e. The number of fused-ring (bicyclic) bond motifs is 6. The summed E-state index contributed by atoms with van der Waals surface area (Å²) in [6.45, 7) is 8.54. The van der Waals surface area contributed by atoms with Crippen LogP contribution in [0.15, 0.2) is 69.4 Å². The lowest BCUT2D eigenvalue weighted by atomic mass is 9.72. The molecule has 5 heteroatoms. The van der Waals surface area contributed by atoms with E-state index in [-0.39, 0.29) is 0 Å². The first-order valence-electron chi connectivity index (χ1n) is 10.4. The quantitative estimate of drug-likeness (QED) is 0.661. The van der Waals surface area contributed by atoms with Crippen LogP contribution in [0.2, 0.25) is 0 Å². The molecule has 5 nitrogen and oxygen atoms in total. The number of rotatable bonds is 3. The molecule has 0 aromatic rings. The summed E-state index contributed by atoms with van der Waals surface area (Å²) in [5, 5.41) is 0. The molecule has 0 aromatic carbocycles. The maximum Gasteiger partial charge on any atom is 0.312 e. The average molecular weight is 408 g/mol. The van der Waals surface area contributed by atoms with Crippen molar-refractivity contribution in [3.8, 4) is 0 Å².